The normalized spacial score (nSPS) is 31.1. The Balaban J connectivity index is 2.06. The van der Waals surface area contributed by atoms with Gasteiger partial charge in [0, 0.05) is 5.92 Å². The maximum atomic E-state index is 11.6. The highest BCUT2D eigenvalue weighted by atomic mass is 16.5. The van der Waals surface area contributed by atoms with Crippen molar-refractivity contribution in [1.29, 1.82) is 0 Å². The Bertz CT molecular complexity index is 650. The van der Waals surface area contributed by atoms with E-state index in [1.165, 1.54) is 12.7 Å². The summed E-state index contributed by atoms with van der Waals surface area (Å²) in [5, 5.41) is 10.3. The zero-order chi connectivity index (χ0) is 13.6. The van der Waals surface area contributed by atoms with E-state index in [1.54, 1.807) is 4.57 Å². The molecule has 7 nitrogen and oxygen atoms in total. The highest BCUT2D eigenvalue weighted by Crippen LogP contribution is 2.35. The van der Waals surface area contributed by atoms with Crippen LogP contribution in [0.1, 0.15) is 26.5 Å². The Kier molecular flexibility index (Phi) is 2.87. The summed E-state index contributed by atoms with van der Waals surface area (Å²) in [4.78, 5) is 22.2. The third kappa shape index (κ3) is 1.77. The van der Waals surface area contributed by atoms with E-state index in [2.05, 4.69) is 15.0 Å². The summed E-state index contributed by atoms with van der Waals surface area (Å²) in [5.41, 5.74) is 0.388. The molecule has 3 rings (SSSR count). The van der Waals surface area contributed by atoms with Crippen molar-refractivity contribution < 1.29 is 9.84 Å². The molecule has 1 aliphatic rings. The Morgan fingerprint density at radius 3 is 3.00 bits per heavy atom. The second kappa shape index (κ2) is 4.43. The van der Waals surface area contributed by atoms with Gasteiger partial charge in [0.25, 0.3) is 5.56 Å². The average Bonchev–Trinajstić information content (AvgIpc) is 2.94. The minimum atomic E-state index is -0.636. The van der Waals surface area contributed by atoms with Crippen molar-refractivity contribution in [1.82, 2.24) is 19.5 Å². The van der Waals surface area contributed by atoms with E-state index in [1.807, 2.05) is 13.8 Å². The molecule has 2 aromatic rings. The van der Waals surface area contributed by atoms with Crippen molar-refractivity contribution in [2.75, 3.05) is 0 Å². The van der Waals surface area contributed by atoms with E-state index in [0.717, 1.165) is 6.42 Å². The third-order valence-electron chi connectivity index (χ3n) is 3.77. The fourth-order valence-corrected chi connectivity index (χ4v) is 2.61. The van der Waals surface area contributed by atoms with Crippen LogP contribution in [0.15, 0.2) is 17.4 Å². The molecule has 3 heterocycles. The molecule has 7 heteroatoms. The molecule has 0 spiro atoms. The smallest absolute Gasteiger partial charge is 0.278 e. The molecule has 0 aromatic carbocycles. The van der Waals surface area contributed by atoms with Gasteiger partial charge in [-0.15, -0.1) is 0 Å². The van der Waals surface area contributed by atoms with Crippen molar-refractivity contribution in [3.05, 3.63) is 23.0 Å². The van der Waals surface area contributed by atoms with Gasteiger partial charge in [-0.1, -0.05) is 13.8 Å². The van der Waals surface area contributed by atoms with Crippen LogP contribution in [-0.2, 0) is 4.74 Å². The largest absolute Gasteiger partial charge is 0.388 e. The highest BCUT2D eigenvalue weighted by molar-refractivity contribution is 5.68. The Hall–Kier alpha value is -1.73. The first-order valence-corrected chi connectivity index (χ1v) is 6.37. The Labute approximate surface area is 109 Å². The summed E-state index contributed by atoms with van der Waals surface area (Å²) in [6.07, 6.45) is 2.47. The molecule has 1 fully saturated rings. The Morgan fingerprint density at radius 2 is 2.32 bits per heavy atom. The molecule has 0 bridgehead atoms. The van der Waals surface area contributed by atoms with E-state index in [9.17, 15) is 9.90 Å². The number of imidazole rings is 1. The molecule has 102 valence electrons. The molecule has 0 saturated carbocycles. The molecule has 2 N–H and O–H groups in total. The van der Waals surface area contributed by atoms with Gasteiger partial charge in [0.05, 0.1) is 18.8 Å². The van der Waals surface area contributed by atoms with Gasteiger partial charge < -0.3 is 14.8 Å². The van der Waals surface area contributed by atoms with E-state index >= 15 is 0 Å². The van der Waals surface area contributed by atoms with Crippen LogP contribution < -0.4 is 5.56 Å². The van der Waals surface area contributed by atoms with Gasteiger partial charge in [-0.05, 0) is 6.42 Å². The summed E-state index contributed by atoms with van der Waals surface area (Å²) in [6, 6.07) is 0. The van der Waals surface area contributed by atoms with Gasteiger partial charge in [0.1, 0.15) is 6.10 Å². The third-order valence-corrected chi connectivity index (χ3v) is 3.77. The van der Waals surface area contributed by atoms with Crippen LogP contribution in [0.2, 0.25) is 0 Å². The molecule has 0 unspecified atom stereocenters. The summed E-state index contributed by atoms with van der Waals surface area (Å²) in [6.45, 7) is 3.98. The average molecular weight is 264 g/mol. The lowest BCUT2D eigenvalue weighted by atomic mass is 9.99. The monoisotopic (exact) mass is 264 g/mol. The van der Waals surface area contributed by atoms with Crippen molar-refractivity contribution in [2.24, 2.45) is 5.92 Å². The van der Waals surface area contributed by atoms with Gasteiger partial charge in [-0.2, -0.15) is 0 Å². The summed E-state index contributed by atoms with van der Waals surface area (Å²) < 4.78 is 7.47. The molecule has 2 aromatic heterocycles. The predicted octanol–water partition coefficient (Wildman–Crippen LogP) is 0.424. The standard InChI is InChI=1S/C12H16N4O3/c1-3-7-6(2)9(17)12(19-7)16-5-15-8-10(16)13-4-14-11(8)18/h4-7,9,12,17H,3H2,1-2H3,(H,13,14,18)/t6-,7-,9-,12-/m1/s1. The number of rotatable bonds is 2. The lowest BCUT2D eigenvalue weighted by Gasteiger charge is -2.16. The number of fused-ring (bicyclic) bond motifs is 1. The van der Waals surface area contributed by atoms with Crippen molar-refractivity contribution in [3.63, 3.8) is 0 Å². The zero-order valence-corrected chi connectivity index (χ0v) is 10.8. The van der Waals surface area contributed by atoms with E-state index < -0.39 is 12.3 Å². The van der Waals surface area contributed by atoms with E-state index in [0.29, 0.717) is 5.65 Å². The lowest BCUT2D eigenvalue weighted by Crippen LogP contribution is -2.24. The summed E-state index contributed by atoms with van der Waals surface area (Å²) >= 11 is 0. The van der Waals surface area contributed by atoms with Crippen LogP contribution in [-0.4, -0.2) is 36.8 Å². The first-order valence-electron chi connectivity index (χ1n) is 6.37. The highest BCUT2D eigenvalue weighted by Gasteiger charge is 2.41. The number of nitrogens with zero attached hydrogens (tertiary/aromatic N) is 3. The molecular formula is C12H16N4O3. The van der Waals surface area contributed by atoms with E-state index in [4.69, 9.17) is 4.74 Å². The van der Waals surface area contributed by atoms with Gasteiger partial charge in [-0.3, -0.25) is 9.36 Å². The first kappa shape index (κ1) is 12.3. The zero-order valence-electron chi connectivity index (χ0n) is 10.8. The van der Waals surface area contributed by atoms with Gasteiger partial charge in [0.15, 0.2) is 17.4 Å². The fraction of sp³-hybridized carbons (Fsp3) is 0.583. The van der Waals surface area contributed by atoms with Crippen molar-refractivity contribution in [3.8, 4) is 0 Å². The fourth-order valence-electron chi connectivity index (χ4n) is 2.61. The van der Waals surface area contributed by atoms with Crippen molar-refractivity contribution in [2.45, 2.75) is 38.7 Å². The number of H-pyrrole nitrogens is 1. The van der Waals surface area contributed by atoms with Gasteiger partial charge >= 0.3 is 0 Å². The second-order valence-corrected chi connectivity index (χ2v) is 4.88. The molecule has 0 radical (unpaired) electrons. The topological polar surface area (TPSA) is 93.0 Å². The number of aromatic amines is 1. The maximum Gasteiger partial charge on any atom is 0.278 e. The number of aliphatic hydroxyl groups excluding tert-OH is 1. The molecule has 1 aliphatic heterocycles. The van der Waals surface area contributed by atoms with Crippen LogP contribution in [0.25, 0.3) is 11.2 Å². The minimum absolute atomic E-state index is 0.000512. The van der Waals surface area contributed by atoms with Crippen LogP contribution in [0.4, 0.5) is 0 Å². The SMILES string of the molecule is CC[C@H]1O[C@@H](n2cnc3c(=O)[nH]cnc32)[C@H](O)[C@@H]1C. The number of nitrogens with one attached hydrogen (secondary N) is 1. The van der Waals surface area contributed by atoms with Crippen LogP contribution in [0, 0.1) is 5.92 Å². The van der Waals surface area contributed by atoms with E-state index in [-0.39, 0.29) is 23.1 Å². The predicted molar refractivity (Wildman–Crippen MR) is 67.5 cm³/mol. The second-order valence-electron chi connectivity index (χ2n) is 4.88. The number of hydrogen-bond acceptors (Lipinski definition) is 5. The molecule has 0 amide bonds. The Morgan fingerprint density at radius 1 is 1.53 bits per heavy atom. The van der Waals surface area contributed by atoms with Crippen LogP contribution in [0.3, 0.4) is 0 Å². The number of hydrogen-bond donors (Lipinski definition) is 2. The number of aromatic nitrogens is 4. The molecule has 4 atom stereocenters. The molecule has 1 saturated heterocycles. The quantitative estimate of drug-likeness (QED) is 0.820. The first-order chi connectivity index (χ1) is 9.13. The number of aliphatic hydroxyl groups is 1. The maximum absolute atomic E-state index is 11.6. The van der Waals surface area contributed by atoms with Crippen LogP contribution >= 0.6 is 0 Å². The lowest BCUT2D eigenvalue weighted by molar-refractivity contribution is -0.0355. The molecular weight excluding hydrogens is 248 g/mol. The van der Waals surface area contributed by atoms with Crippen molar-refractivity contribution >= 4 is 11.2 Å². The van der Waals surface area contributed by atoms with Crippen LogP contribution in [0.5, 0.6) is 0 Å². The number of ether oxygens (including phenoxy) is 1. The summed E-state index contributed by atoms with van der Waals surface area (Å²) in [5.74, 6) is 0.0365. The van der Waals surface area contributed by atoms with Gasteiger partial charge in [-0.25, -0.2) is 9.97 Å². The van der Waals surface area contributed by atoms with Gasteiger partial charge in [0.2, 0.25) is 0 Å². The summed E-state index contributed by atoms with van der Waals surface area (Å²) in [7, 11) is 0. The minimum Gasteiger partial charge on any atom is -0.388 e. The molecule has 19 heavy (non-hydrogen) atoms. The molecule has 0 aliphatic carbocycles.